The molecule has 0 aliphatic heterocycles. The van der Waals surface area contributed by atoms with Crippen molar-refractivity contribution in [2.24, 2.45) is 0 Å². The molecule has 74 valence electrons. The van der Waals surface area contributed by atoms with Gasteiger partial charge in [-0.1, -0.05) is 20.3 Å². The van der Waals surface area contributed by atoms with Gasteiger partial charge in [-0.2, -0.15) is 8.42 Å². The van der Waals surface area contributed by atoms with E-state index in [4.69, 9.17) is 4.18 Å². The van der Waals surface area contributed by atoms with Crippen LogP contribution < -0.4 is 0 Å². The Morgan fingerprint density at radius 2 is 1.92 bits per heavy atom. The summed E-state index contributed by atoms with van der Waals surface area (Å²) in [7, 11) is -3.26. The summed E-state index contributed by atoms with van der Waals surface area (Å²) in [5.41, 5.74) is 0. The molecule has 0 aliphatic rings. The van der Waals surface area contributed by atoms with Gasteiger partial charge in [-0.25, -0.2) is 0 Å². The number of hydrogen-bond donors (Lipinski definition) is 0. The van der Waals surface area contributed by atoms with Crippen molar-refractivity contribution in [3.8, 4) is 0 Å². The minimum atomic E-state index is -3.26. The van der Waals surface area contributed by atoms with Crippen LogP contribution >= 0.6 is 0 Å². The lowest BCUT2D eigenvalue weighted by molar-refractivity contribution is 0.224. The SMILES string of the molecule is CCCCS(=O)(=O)OC(C)CC. The van der Waals surface area contributed by atoms with Crippen LogP contribution in [0.15, 0.2) is 0 Å². The third-order valence-electron chi connectivity index (χ3n) is 1.63. The van der Waals surface area contributed by atoms with E-state index in [1.54, 1.807) is 6.92 Å². The molecule has 0 amide bonds. The molecule has 0 bridgehead atoms. The predicted octanol–water partition coefficient (Wildman–Crippen LogP) is 1.93. The van der Waals surface area contributed by atoms with Crippen LogP contribution in [0.1, 0.15) is 40.0 Å². The Bertz CT molecular complexity index is 196. The molecule has 0 aromatic carbocycles. The summed E-state index contributed by atoms with van der Waals surface area (Å²) in [5, 5.41) is 0. The van der Waals surface area contributed by atoms with Gasteiger partial charge in [0.25, 0.3) is 10.1 Å². The maximum Gasteiger partial charge on any atom is 0.267 e. The highest BCUT2D eigenvalue weighted by Gasteiger charge is 2.13. The quantitative estimate of drug-likeness (QED) is 0.607. The largest absolute Gasteiger partial charge is 0.267 e. The summed E-state index contributed by atoms with van der Waals surface area (Å²) in [5.74, 6) is 0.147. The number of rotatable bonds is 6. The maximum absolute atomic E-state index is 11.1. The Kier molecular flexibility index (Phi) is 5.50. The highest BCUT2D eigenvalue weighted by molar-refractivity contribution is 7.86. The van der Waals surface area contributed by atoms with Gasteiger partial charge in [0.05, 0.1) is 11.9 Å². The van der Waals surface area contributed by atoms with Crippen LogP contribution in [0.2, 0.25) is 0 Å². The van der Waals surface area contributed by atoms with Gasteiger partial charge in [-0.05, 0) is 19.8 Å². The molecule has 0 N–H and O–H groups in total. The summed E-state index contributed by atoms with van der Waals surface area (Å²) in [6.45, 7) is 5.63. The molecule has 0 saturated carbocycles. The topological polar surface area (TPSA) is 43.4 Å². The fourth-order valence-corrected chi connectivity index (χ4v) is 2.06. The number of hydrogen-bond acceptors (Lipinski definition) is 3. The van der Waals surface area contributed by atoms with E-state index in [1.807, 2.05) is 13.8 Å². The van der Waals surface area contributed by atoms with Crippen molar-refractivity contribution in [3.05, 3.63) is 0 Å². The highest BCUT2D eigenvalue weighted by atomic mass is 32.2. The van der Waals surface area contributed by atoms with Crippen molar-refractivity contribution >= 4 is 10.1 Å². The van der Waals surface area contributed by atoms with Crippen LogP contribution in [0.4, 0.5) is 0 Å². The van der Waals surface area contributed by atoms with E-state index in [2.05, 4.69) is 0 Å². The molecule has 3 nitrogen and oxygen atoms in total. The molecule has 0 radical (unpaired) electrons. The first kappa shape index (κ1) is 11.9. The minimum Gasteiger partial charge on any atom is -0.267 e. The van der Waals surface area contributed by atoms with Gasteiger partial charge in [0.15, 0.2) is 0 Å². The second-order valence-electron chi connectivity index (χ2n) is 2.93. The Hall–Kier alpha value is -0.0900. The van der Waals surface area contributed by atoms with Gasteiger partial charge in [0.2, 0.25) is 0 Å². The van der Waals surface area contributed by atoms with Crippen molar-refractivity contribution in [2.75, 3.05) is 5.75 Å². The van der Waals surface area contributed by atoms with Gasteiger partial charge < -0.3 is 0 Å². The summed E-state index contributed by atoms with van der Waals surface area (Å²) >= 11 is 0. The molecule has 1 unspecified atom stereocenters. The summed E-state index contributed by atoms with van der Waals surface area (Å²) < 4.78 is 27.1. The zero-order valence-corrected chi connectivity index (χ0v) is 8.86. The van der Waals surface area contributed by atoms with Crippen LogP contribution in [0, 0.1) is 0 Å². The van der Waals surface area contributed by atoms with Crippen molar-refractivity contribution in [1.82, 2.24) is 0 Å². The molecule has 0 aromatic rings. The van der Waals surface area contributed by atoms with Crippen LogP contribution in [0.5, 0.6) is 0 Å². The number of unbranched alkanes of at least 4 members (excludes halogenated alkanes) is 1. The highest BCUT2D eigenvalue weighted by Crippen LogP contribution is 2.05. The molecule has 1 atom stereocenters. The molecule has 0 rings (SSSR count). The van der Waals surface area contributed by atoms with Gasteiger partial charge in [0, 0.05) is 0 Å². The third kappa shape index (κ3) is 5.55. The average Bonchev–Trinajstić information content (AvgIpc) is 2.00. The van der Waals surface area contributed by atoms with Crippen molar-refractivity contribution in [1.29, 1.82) is 0 Å². The van der Waals surface area contributed by atoms with E-state index in [1.165, 1.54) is 0 Å². The molecule has 0 heterocycles. The van der Waals surface area contributed by atoms with Gasteiger partial charge in [0.1, 0.15) is 0 Å². The lowest BCUT2D eigenvalue weighted by Crippen LogP contribution is -2.17. The fourth-order valence-electron chi connectivity index (χ4n) is 0.688. The van der Waals surface area contributed by atoms with Gasteiger partial charge in [-0.3, -0.25) is 4.18 Å². The summed E-state index contributed by atoms with van der Waals surface area (Å²) in [4.78, 5) is 0. The molecular formula is C8H18O3S. The minimum absolute atomic E-state index is 0.147. The second-order valence-corrected chi connectivity index (χ2v) is 4.65. The molecule has 0 saturated heterocycles. The van der Waals surface area contributed by atoms with E-state index in [0.717, 1.165) is 12.8 Å². The van der Waals surface area contributed by atoms with Crippen molar-refractivity contribution in [2.45, 2.75) is 46.1 Å². The fraction of sp³-hybridized carbons (Fsp3) is 1.00. The average molecular weight is 194 g/mol. The van der Waals surface area contributed by atoms with Gasteiger partial charge in [-0.15, -0.1) is 0 Å². The van der Waals surface area contributed by atoms with E-state index in [-0.39, 0.29) is 11.9 Å². The lowest BCUT2D eigenvalue weighted by Gasteiger charge is -2.09. The van der Waals surface area contributed by atoms with E-state index in [9.17, 15) is 8.42 Å². The smallest absolute Gasteiger partial charge is 0.267 e. The Labute approximate surface area is 75.2 Å². The Morgan fingerprint density at radius 3 is 2.33 bits per heavy atom. The Balaban J connectivity index is 3.88. The lowest BCUT2D eigenvalue weighted by atomic mass is 10.3. The van der Waals surface area contributed by atoms with Gasteiger partial charge >= 0.3 is 0 Å². The second kappa shape index (κ2) is 5.54. The first-order valence-electron chi connectivity index (χ1n) is 4.42. The first-order chi connectivity index (χ1) is 5.52. The molecule has 0 spiro atoms. The van der Waals surface area contributed by atoms with E-state index >= 15 is 0 Å². The van der Waals surface area contributed by atoms with Crippen LogP contribution in [-0.2, 0) is 14.3 Å². The van der Waals surface area contributed by atoms with Crippen molar-refractivity contribution < 1.29 is 12.6 Å². The first-order valence-corrected chi connectivity index (χ1v) is 6.00. The molecule has 12 heavy (non-hydrogen) atoms. The maximum atomic E-state index is 11.1. The summed E-state index contributed by atoms with van der Waals surface area (Å²) in [6.07, 6.45) is 2.10. The molecule has 0 aliphatic carbocycles. The van der Waals surface area contributed by atoms with Crippen LogP contribution in [0.25, 0.3) is 0 Å². The normalized spacial score (nSPS) is 14.6. The Morgan fingerprint density at radius 1 is 1.33 bits per heavy atom. The van der Waals surface area contributed by atoms with Crippen molar-refractivity contribution in [3.63, 3.8) is 0 Å². The third-order valence-corrected chi connectivity index (χ3v) is 3.04. The zero-order chi connectivity index (χ0) is 9.61. The van der Waals surface area contributed by atoms with E-state index in [0.29, 0.717) is 6.42 Å². The van der Waals surface area contributed by atoms with Crippen LogP contribution in [0.3, 0.4) is 0 Å². The molecule has 0 aromatic heterocycles. The summed E-state index contributed by atoms with van der Waals surface area (Å²) in [6, 6.07) is 0. The predicted molar refractivity (Wildman–Crippen MR) is 49.5 cm³/mol. The van der Waals surface area contributed by atoms with Crippen LogP contribution in [-0.4, -0.2) is 20.3 Å². The monoisotopic (exact) mass is 194 g/mol. The molecule has 0 fully saturated rings. The standard InChI is InChI=1S/C8H18O3S/c1-4-6-7-12(9,10)11-8(3)5-2/h8H,4-7H2,1-3H3. The zero-order valence-electron chi connectivity index (χ0n) is 8.04. The van der Waals surface area contributed by atoms with E-state index < -0.39 is 10.1 Å². The molecule has 4 heteroatoms. The molecular weight excluding hydrogens is 176 g/mol.